The van der Waals surface area contributed by atoms with E-state index in [2.05, 4.69) is 108 Å². The van der Waals surface area contributed by atoms with Crippen molar-refractivity contribution >= 4 is 13.9 Å². The molecule has 0 saturated heterocycles. The second-order valence-electron chi connectivity index (χ2n) is 10.1. The molecule has 0 saturated carbocycles. The van der Waals surface area contributed by atoms with Crippen molar-refractivity contribution in [2.75, 3.05) is 0 Å². The van der Waals surface area contributed by atoms with Gasteiger partial charge in [0.25, 0.3) is 0 Å². The van der Waals surface area contributed by atoms with Crippen LogP contribution in [0.15, 0.2) is 66.7 Å². The number of aryl methyl sites for hydroxylation is 1. The van der Waals surface area contributed by atoms with Gasteiger partial charge >= 0.3 is 0 Å². The first-order valence-corrected chi connectivity index (χ1v) is 13.2. The summed E-state index contributed by atoms with van der Waals surface area (Å²) in [6, 6.07) is 23.4. The lowest BCUT2D eigenvalue weighted by Gasteiger charge is -2.35. The number of nitrogens with one attached hydrogen (secondary N) is 1. The zero-order chi connectivity index (χ0) is 24.1. The Hall–Kier alpha value is -2.15. The highest BCUT2D eigenvalue weighted by atomic mass is 31.1. The van der Waals surface area contributed by atoms with Gasteiger partial charge in [0.05, 0.1) is 0 Å². The second kappa shape index (κ2) is 10.9. The number of hydrogen-bond donors (Lipinski definition) is 2. The van der Waals surface area contributed by atoms with Crippen molar-refractivity contribution in [3.05, 3.63) is 94.5 Å². The van der Waals surface area contributed by atoms with Crippen LogP contribution < -0.4 is 10.6 Å². The van der Waals surface area contributed by atoms with E-state index in [4.69, 9.17) is 0 Å². The topological polar surface area (TPSA) is 32.3 Å². The number of phenols is 1. The molecule has 0 aliphatic rings. The molecule has 3 aromatic carbocycles. The van der Waals surface area contributed by atoms with Gasteiger partial charge in [0.15, 0.2) is 0 Å². The molecule has 3 heteroatoms. The van der Waals surface area contributed by atoms with Crippen molar-refractivity contribution in [1.29, 1.82) is 0 Å². The largest absolute Gasteiger partial charge is 0.507 e. The molecule has 0 radical (unpaired) electrons. The fraction of sp³-hybridized carbons (Fsp3) is 0.400. The predicted octanol–water partition coefficient (Wildman–Crippen LogP) is 7.20. The van der Waals surface area contributed by atoms with Gasteiger partial charge in [0.2, 0.25) is 0 Å². The molecule has 0 spiro atoms. The van der Waals surface area contributed by atoms with E-state index >= 15 is 0 Å². The van der Waals surface area contributed by atoms with E-state index in [1.807, 2.05) is 6.07 Å². The number of phenolic OH excluding ortho intramolecular Hbond substituents is 1. The quantitative estimate of drug-likeness (QED) is 0.330. The molecule has 0 aliphatic carbocycles. The average Bonchev–Trinajstić information content (AvgIpc) is 2.79. The number of rotatable bonds is 9. The minimum atomic E-state index is -0.0840. The Labute approximate surface area is 202 Å². The highest BCUT2D eigenvalue weighted by molar-refractivity contribution is 7.48. The molecule has 1 unspecified atom stereocenters. The van der Waals surface area contributed by atoms with Crippen LogP contribution in [0, 0.1) is 6.92 Å². The molecule has 2 nitrogen and oxygen atoms in total. The summed E-state index contributed by atoms with van der Waals surface area (Å²) >= 11 is 0. The number of aromatic hydroxyl groups is 1. The number of benzene rings is 3. The van der Waals surface area contributed by atoms with Gasteiger partial charge in [-0.05, 0) is 68.1 Å². The van der Waals surface area contributed by atoms with Crippen LogP contribution in [0.3, 0.4) is 0 Å². The molecular formula is C30H40NOP. The summed E-state index contributed by atoms with van der Waals surface area (Å²) in [5.41, 5.74) is 6.11. The van der Waals surface area contributed by atoms with Gasteiger partial charge in [0, 0.05) is 29.2 Å². The van der Waals surface area contributed by atoms with E-state index in [0.717, 1.165) is 36.9 Å². The smallest absolute Gasteiger partial charge is 0.123 e. The molecule has 2 N–H and O–H groups in total. The van der Waals surface area contributed by atoms with E-state index in [9.17, 15) is 5.11 Å². The summed E-state index contributed by atoms with van der Waals surface area (Å²) in [5, 5.41) is 16.5. The maximum absolute atomic E-state index is 11.5. The van der Waals surface area contributed by atoms with E-state index in [-0.39, 0.29) is 10.7 Å². The van der Waals surface area contributed by atoms with Crippen LogP contribution in [-0.2, 0) is 18.1 Å². The summed E-state index contributed by atoms with van der Waals surface area (Å²) in [6.07, 6.45) is 2.73. The molecule has 33 heavy (non-hydrogen) atoms. The SMILES string of the molecule is CCC(CC)(Pc1c(C)cccc1CNC(C)(C)C)c1cccc(Cc2ccccc2)c1O. The first-order chi connectivity index (χ1) is 15.7. The standard InChI is InChI=1S/C30H40NOP/c1-7-30(8-2,33-28-22(3)14-12-18-25(28)21-31-29(4,5)6)26-19-13-17-24(27(26)32)20-23-15-10-9-11-16-23/h9-19,31-33H,7-8,20-21H2,1-6H3. The third kappa shape index (κ3) is 6.25. The summed E-state index contributed by atoms with van der Waals surface area (Å²) in [6.45, 7) is 14.3. The molecule has 0 fully saturated rings. The normalized spacial score (nSPS) is 12.5. The van der Waals surface area contributed by atoms with Crippen molar-refractivity contribution in [3.63, 3.8) is 0 Å². The van der Waals surface area contributed by atoms with E-state index < -0.39 is 0 Å². The summed E-state index contributed by atoms with van der Waals surface area (Å²) in [4.78, 5) is 0. The summed E-state index contributed by atoms with van der Waals surface area (Å²) in [7, 11) is 0.595. The fourth-order valence-electron chi connectivity index (χ4n) is 4.47. The van der Waals surface area contributed by atoms with Crippen LogP contribution in [0.25, 0.3) is 0 Å². The van der Waals surface area contributed by atoms with Crippen LogP contribution >= 0.6 is 8.58 Å². The molecule has 0 aliphatic heterocycles. The lowest BCUT2D eigenvalue weighted by atomic mass is 9.89. The Bertz CT molecular complexity index is 1050. The maximum Gasteiger partial charge on any atom is 0.123 e. The van der Waals surface area contributed by atoms with Crippen molar-refractivity contribution in [3.8, 4) is 5.75 Å². The first-order valence-electron chi connectivity index (χ1n) is 12.2. The first kappa shape index (κ1) is 25.5. The Morgan fingerprint density at radius 3 is 2.09 bits per heavy atom. The molecular weight excluding hydrogens is 421 g/mol. The molecule has 0 amide bonds. The van der Waals surface area contributed by atoms with Gasteiger partial charge in [-0.3, -0.25) is 0 Å². The highest BCUT2D eigenvalue weighted by Gasteiger charge is 2.33. The van der Waals surface area contributed by atoms with E-state index in [0.29, 0.717) is 14.3 Å². The van der Waals surface area contributed by atoms with Crippen LogP contribution in [-0.4, -0.2) is 10.6 Å². The molecule has 0 bridgehead atoms. The van der Waals surface area contributed by atoms with E-state index in [1.54, 1.807) is 0 Å². The Kier molecular flexibility index (Phi) is 8.38. The zero-order valence-electron chi connectivity index (χ0n) is 21.1. The van der Waals surface area contributed by atoms with Gasteiger partial charge in [-0.15, -0.1) is 0 Å². The lowest BCUT2D eigenvalue weighted by molar-refractivity contribution is 0.425. The monoisotopic (exact) mass is 461 g/mol. The van der Waals surface area contributed by atoms with Gasteiger partial charge in [-0.2, -0.15) is 0 Å². The Balaban J connectivity index is 2.00. The van der Waals surface area contributed by atoms with Gasteiger partial charge < -0.3 is 10.4 Å². The average molecular weight is 462 g/mol. The number of hydrogen-bond acceptors (Lipinski definition) is 2. The van der Waals surface area contributed by atoms with Gasteiger partial charge in [-0.1, -0.05) is 89.2 Å². The summed E-state index contributed by atoms with van der Waals surface area (Å²) in [5.74, 6) is 0.473. The van der Waals surface area contributed by atoms with E-state index in [1.165, 1.54) is 22.0 Å². The fourth-order valence-corrected chi connectivity index (χ4v) is 6.25. The van der Waals surface area contributed by atoms with Crippen molar-refractivity contribution in [1.82, 2.24) is 5.32 Å². The molecule has 1 atom stereocenters. The molecule has 0 aromatic heterocycles. The van der Waals surface area contributed by atoms with Crippen LogP contribution in [0.5, 0.6) is 5.75 Å². The van der Waals surface area contributed by atoms with Crippen LogP contribution in [0.4, 0.5) is 0 Å². The lowest BCUT2D eigenvalue weighted by Crippen LogP contribution is -2.36. The van der Waals surface area contributed by atoms with Crippen LogP contribution in [0.2, 0.25) is 0 Å². The minimum Gasteiger partial charge on any atom is -0.507 e. The third-order valence-corrected chi connectivity index (χ3v) is 9.03. The molecule has 3 rings (SSSR count). The maximum atomic E-state index is 11.5. The predicted molar refractivity (Wildman–Crippen MR) is 145 cm³/mol. The zero-order valence-corrected chi connectivity index (χ0v) is 22.1. The van der Waals surface area contributed by atoms with Crippen molar-refractivity contribution < 1.29 is 5.11 Å². The number of para-hydroxylation sites is 1. The minimum absolute atomic E-state index is 0.0702. The highest BCUT2D eigenvalue weighted by Crippen LogP contribution is 2.51. The Morgan fingerprint density at radius 2 is 1.45 bits per heavy atom. The van der Waals surface area contributed by atoms with Crippen molar-refractivity contribution in [2.45, 2.75) is 78.0 Å². The van der Waals surface area contributed by atoms with Gasteiger partial charge in [-0.25, -0.2) is 0 Å². The second-order valence-corrected chi connectivity index (χ2v) is 11.8. The Morgan fingerprint density at radius 1 is 0.818 bits per heavy atom. The summed E-state index contributed by atoms with van der Waals surface area (Å²) < 4.78 is 0. The third-order valence-electron chi connectivity index (χ3n) is 6.61. The molecule has 176 valence electrons. The molecule has 3 aromatic rings. The van der Waals surface area contributed by atoms with Crippen LogP contribution in [0.1, 0.15) is 75.3 Å². The molecule has 0 heterocycles. The van der Waals surface area contributed by atoms with Crippen molar-refractivity contribution in [2.24, 2.45) is 0 Å². The van der Waals surface area contributed by atoms with Gasteiger partial charge in [0.1, 0.15) is 5.75 Å².